The first-order valence-corrected chi connectivity index (χ1v) is 13.4. The van der Waals surface area contributed by atoms with Crippen molar-refractivity contribution in [3.05, 3.63) is 48.5 Å². The van der Waals surface area contributed by atoms with Crippen LogP contribution in [0.2, 0.25) is 0 Å². The van der Waals surface area contributed by atoms with E-state index in [0.717, 1.165) is 6.92 Å². The topological polar surface area (TPSA) is 188 Å². The van der Waals surface area contributed by atoms with Gasteiger partial charge in [-0.2, -0.15) is 16.8 Å². The van der Waals surface area contributed by atoms with E-state index in [-0.39, 0.29) is 10.6 Å². The molecule has 0 aliphatic rings. The van der Waals surface area contributed by atoms with Gasteiger partial charge in [0.05, 0.1) is 12.0 Å². The third kappa shape index (κ3) is 7.32. The van der Waals surface area contributed by atoms with Gasteiger partial charge in [-0.1, -0.05) is 0 Å². The van der Waals surface area contributed by atoms with E-state index in [1.165, 1.54) is 43.5 Å². The number of methoxy groups -OCH3 is 1. The Morgan fingerprint density at radius 3 is 1.84 bits per heavy atom. The van der Waals surface area contributed by atoms with Crippen molar-refractivity contribution in [3.8, 4) is 5.75 Å². The normalized spacial score (nSPS) is 14.4. The quantitative estimate of drug-likeness (QED) is 0.271. The van der Waals surface area contributed by atoms with E-state index in [2.05, 4.69) is 15.4 Å². The monoisotopic (exact) mass is 509 g/mol. The van der Waals surface area contributed by atoms with Gasteiger partial charge in [0, 0.05) is 17.9 Å². The van der Waals surface area contributed by atoms with Gasteiger partial charge >= 0.3 is 0 Å². The first-order valence-electron chi connectivity index (χ1n) is 8.92. The average Bonchev–Trinajstić information content (AvgIpc) is 2.70. The zero-order valence-corrected chi connectivity index (χ0v) is 19.4. The second kappa shape index (κ2) is 10.0. The summed E-state index contributed by atoms with van der Waals surface area (Å²) in [4.78, 5) is -0.111. The molecule has 0 unspecified atom stereocenters. The molecule has 0 saturated heterocycles. The molecule has 0 fully saturated rings. The van der Waals surface area contributed by atoms with E-state index < -0.39 is 47.6 Å². The molecule has 0 bridgehead atoms. The zero-order valence-electron chi connectivity index (χ0n) is 17.0. The number of rotatable bonds is 11. The molecule has 0 aliphatic heterocycles. The standard InChI is InChI=1S/C17H23N3O9S3/c1-12(31(23,24)25)18-11-17(32(26,27)28)19-13-5-9-16(10-6-13)30(21,22)20-14-3-7-15(29-2)8-4-14/h3-10,12,17-20H,11H2,1-2H3,(H,23,24,25)(H,26,27,28)/t12-,17-/m0/s1. The van der Waals surface area contributed by atoms with Gasteiger partial charge in [-0.25, -0.2) is 8.42 Å². The summed E-state index contributed by atoms with van der Waals surface area (Å²) in [7, 11) is -11.6. The van der Waals surface area contributed by atoms with Crippen molar-refractivity contribution in [1.29, 1.82) is 0 Å². The van der Waals surface area contributed by atoms with Crippen molar-refractivity contribution in [2.24, 2.45) is 0 Å². The van der Waals surface area contributed by atoms with E-state index in [1.54, 1.807) is 12.1 Å². The molecule has 0 spiro atoms. The largest absolute Gasteiger partial charge is 0.497 e. The van der Waals surface area contributed by atoms with E-state index >= 15 is 0 Å². The van der Waals surface area contributed by atoms with Crippen LogP contribution in [-0.4, -0.2) is 58.8 Å². The lowest BCUT2D eigenvalue weighted by molar-refractivity contribution is 0.415. The van der Waals surface area contributed by atoms with E-state index in [4.69, 9.17) is 9.29 Å². The Bertz CT molecular complexity index is 1230. The van der Waals surface area contributed by atoms with E-state index in [9.17, 15) is 29.8 Å². The first-order chi connectivity index (χ1) is 14.7. The van der Waals surface area contributed by atoms with Crippen LogP contribution < -0.4 is 20.1 Å². The van der Waals surface area contributed by atoms with Gasteiger partial charge in [0.2, 0.25) is 0 Å². The number of hydrogen-bond acceptors (Lipinski definition) is 9. The molecular weight excluding hydrogens is 486 g/mol. The molecule has 0 amide bonds. The fourth-order valence-corrected chi connectivity index (χ4v) is 4.36. The number of anilines is 2. The molecule has 5 N–H and O–H groups in total. The molecule has 32 heavy (non-hydrogen) atoms. The van der Waals surface area contributed by atoms with Gasteiger partial charge in [-0.3, -0.25) is 19.1 Å². The maximum atomic E-state index is 12.5. The predicted octanol–water partition coefficient (Wildman–Crippen LogP) is 0.945. The minimum atomic E-state index is -4.68. The van der Waals surface area contributed by atoms with E-state index in [0.29, 0.717) is 11.4 Å². The molecule has 2 aromatic carbocycles. The van der Waals surface area contributed by atoms with Gasteiger partial charge in [0.15, 0.2) is 5.37 Å². The Labute approximate surface area is 186 Å². The molecule has 2 rings (SSSR count). The third-order valence-corrected chi connectivity index (χ3v) is 7.69. The van der Waals surface area contributed by atoms with Crippen LogP contribution in [-0.2, 0) is 30.3 Å². The van der Waals surface area contributed by atoms with Crippen LogP contribution in [0.15, 0.2) is 53.4 Å². The summed E-state index contributed by atoms with van der Waals surface area (Å²) in [6.07, 6.45) is 0. The van der Waals surface area contributed by atoms with Crippen LogP contribution in [0.25, 0.3) is 0 Å². The number of hydrogen-bond donors (Lipinski definition) is 5. The van der Waals surface area contributed by atoms with Crippen LogP contribution >= 0.6 is 0 Å². The fraction of sp³-hybridized carbons (Fsp3) is 0.294. The molecule has 0 aromatic heterocycles. The van der Waals surface area contributed by atoms with Crippen LogP contribution in [0.1, 0.15) is 6.92 Å². The summed E-state index contributed by atoms with van der Waals surface area (Å²) < 4.78 is 96.1. The minimum absolute atomic E-state index is 0.111. The molecular formula is C17H23N3O9S3. The van der Waals surface area contributed by atoms with Crippen molar-refractivity contribution < 1.29 is 39.1 Å². The molecule has 12 nitrogen and oxygen atoms in total. The van der Waals surface area contributed by atoms with Crippen molar-refractivity contribution in [1.82, 2.24) is 5.32 Å². The minimum Gasteiger partial charge on any atom is -0.497 e. The van der Waals surface area contributed by atoms with Crippen LogP contribution in [0, 0.1) is 0 Å². The number of benzene rings is 2. The lowest BCUT2D eigenvalue weighted by Gasteiger charge is -2.19. The highest BCUT2D eigenvalue weighted by atomic mass is 32.2. The van der Waals surface area contributed by atoms with Crippen LogP contribution in [0.5, 0.6) is 5.75 Å². The maximum absolute atomic E-state index is 12.5. The summed E-state index contributed by atoms with van der Waals surface area (Å²) in [6, 6.07) is 11.2. The number of sulfonamides is 1. The van der Waals surface area contributed by atoms with Crippen molar-refractivity contribution >= 4 is 41.6 Å². The number of nitrogens with one attached hydrogen (secondary N) is 3. The first kappa shape index (κ1) is 25.8. The lowest BCUT2D eigenvalue weighted by atomic mass is 10.3. The summed E-state index contributed by atoms with van der Waals surface area (Å²) in [5, 5.41) is 1.57. The van der Waals surface area contributed by atoms with Gasteiger partial charge in [0.25, 0.3) is 30.3 Å². The maximum Gasteiger partial charge on any atom is 0.287 e. The average molecular weight is 510 g/mol. The highest BCUT2D eigenvalue weighted by Crippen LogP contribution is 2.21. The van der Waals surface area contributed by atoms with Gasteiger partial charge in [-0.05, 0) is 55.5 Å². The molecule has 15 heteroatoms. The Hall–Kier alpha value is -2.43. The summed E-state index contributed by atoms with van der Waals surface area (Å²) in [5.41, 5.74) is 0.441. The second-order valence-corrected chi connectivity index (χ2v) is 11.6. The van der Waals surface area contributed by atoms with Gasteiger partial charge < -0.3 is 10.1 Å². The molecule has 2 atom stereocenters. The number of ether oxygens (including phenoxy) is 1. The third-order valence-electron chi connectivity index (χ3n) is 4.23. The molecule has 178 valence electrons. The molecule has 0 heterocycles. The molecule has 0 saturated carbocycles. The Balaban J connectivity index is 2.13. The van der Waals surface area contributed by atoms with Crippen molar-refractivity contribution in [3.63, 3.8) is 0 Å². The smallest absolute Gasteiger partial charge is 0.287 e. The molecule has 0 radical (unpaired) electrons. The van der Waals surface area contributed by atoms with Gasteiger partial charge in [0.1, 0.15) is 11.1 Å². The van der Waals surface area contributed by atoms with E-state index in [1.807, 2.05) is 0 Å². The van der Waals surface area contributed by atoms with Crippen molar-refractivity contribution in [2.75, 3.05) is 23.7 Å². The van der Waals surface area contributed by atoms with Crippen molar-refractivity contribution in [2.45, 2.75) is 22.6 Å². The SMILES string of the molecule is COc1ccc(NS(=O)(=O)c2ccc(N[C@H](CN[C@H](C)S(=O)(=O)O)S(=O)(=O)O)cc2)cc1. The Morgan fingerprint density at radius 2 is 1.38 bits per heavy atom. The Kier molecular flexibility index (Phi) is 8.08. The highest BCUT2D eigenvalue weighted by Gasteiger charge is 2.26. The van der Waals surface area contributed by atoms with Gasteiger partial charge in [-0.15, -0.1) is 0 Å². The Morgan fingerprint density at radius 1 is 0.844 bits per heavy atom. The molecule has 0 aliphatic carbocycles. The predicted molar refractivity (Wildman–Crippen MR) is 118 cm³/mol. The highest BCUT2D eigenvalue weighted by molar-refractivity contribution is 7.92. The zero-order chi connectivity index (χ0) is 24.2. The molecule has 2 aromatic rings. The van der Waals surface area contributed by atoms with Crippen LogP contribution in [0.4, 0.5) is 11.4 Å². The summed E-state index contributed by atoms with van der Waals surface area (Å²) >= 11 is 0. The summed E-state index contributed by atoms with van der Waals surface area (Å²) in [5.74, 6) is 0.553. The lowest BCUT2D eigenvalue weighted by Crippen LogP contribution is -2.44. The van der Waals surface area contributed by atoms with Crippen LogP contribution in [0.3, 0.4) is 0 Å². The second-order valence-electron chi connectivity index (χ2n) is 6.57. The fourth-order valence-electron chi connectivity index (χ4n) is 2.40. The summed E-state index contributed by atoms with van der Waals surface area (Å²) in [6.45, 7) is 0.519.